The van der Waals surface area contributed by atoms with Gasteiger partial charge in [0.1, 0.15) is 12.4 Å². The summed E-state index contributed by atoms with van der Waals surface area (Å²) in [6.45, 7) is 1.93. The van der Waals surface area contributed by atoms with Gasteiger partial charge in [-0.3, -0.25) is 9.59 Å². The Morgan fingerprint density at radius 2 is 1.69 bits per heavy atom. The second-order valence-corrected chi connectivity index (χ2v) is 8.05. The minimum atomic E-state index is -0.375. The summed E-state index contributed by atoms with van der Waals surface area (Å²) in [5.41, 5.74) is 5.14. The normalized spacial score (nSPS) is 15.3. The summed E-state index contributed by atoms with van der Waals surface area (Å²) >= 11 is 0. The van der Waals surface area contributed by atoms with E-state index in [4.69, 9.17) is 0 Å². The number of anilines is 1. The molecule has 4 aromatic rings. The fraction of sp³-hybridized carbons (Fsp3) is 0.154. The van der Waals surface area contributed by atoms with Gasteiger partial charge in [0.15, 0.2) is 0 Å². The number of rotatable bonds is 4. The van der Waals surface area contributed by atoms with Crippen molar-refractivity contribution in [1.82, 2.24) is 9.47 Å². The zero-order valence-electron chi connectivity index (χ0n) is 17.8. The van der Waals surface area contributed by atoms with Crippen LogP contribution in [0.1, 0.15) is 33.2 Å². The van der Waals surface area contributed by atoms with Crippen molar-refractivity contribution in [3.05, 3.63) is 101 Å². The van der Waals surface area contributed by atoms with Crippen LogP contribution < -0.4 is 5.32 Å². The van der Waals surface area contributed by atoms with Crippen LogP contribution >= 0.6 is 0 Å². The van der Waals surface area contributed by atoms with Crippen LogP contribution in [0.2, 0.25) is 0 Å². The van der Waals surface area contributed by atoms with Crippen LogP contribution in [0.25, 0.3) is 10.9 Å². The van der Waals surface area contributed by atoms with Gasteiger partial charge >= 0.3 is 0 Å². The van der Waals surface area contributed by atoms with Crippen molar-refractivity contribution in [2.45, 2.75) is 13.0 Å². The number of nitrogens with one attached hydrogen (secondary N) is 1. The van der Waals surface area contributed by atoms with E-state index in [9.17, 15) is 14.0 Å². The molecule has 0 saturated heterocycles. The molecule has 160 valence electrons. The molecule has 2 amide bonds. The van der Waals surface area contributed by atoms with E-state index in [-0.39, 0.29) is 30.2 Å². The van der Waals surface area contributed by atoms with Gasteiger partial charge in [0, 0.05) is 40.5 Å². The molecule has 3 aromatic carbocycles. The number of nitrogens with zero attached hydrogens (tertiary/aromatic N) is 2. The van der Waals surface area contributed by atoms with E-state index in [1.807, 2.05) is 50.4 Å². The maximum absolute atomic E-state index is 13.4. The number of carbonyl (C=O) groups excluding carboxylic acids is 2. The quantitative estimate of drug-likeness (QED) is 0.508. The van der Waals surface area contributed by atoms with Crippen molar-refractivity contribution in [3.63, 3.8) is 0 Å². The molecule has 6 heteroatoms. The fourth-order valence-corrected chi connectivity index (χ4v) is 4.63. The predicted molar refractivity (Wildman–Crippen MR) is 122 cm³/mol. The molecule has 0 radical (unpaired) electrons. The SMILES string of the molecule is Cc1c([C@H]2c3ccccc3C(=O)N2CC(=O)Nc2ccc(F)cc2)c2ccccc2n1C. The summed E-state index contributed by atoms with van der Waals surface area (Å²) in [6, 6.07) is 20.8. The number of aromatic nitrogens is 1. The van der Waals surface area contributed by atoms with E-state index in [1.165, 1.54) is 24.3 Å². The number of aryl methyl sites for hydroxylation is 1. The molecule has 0 unspecified atom stereocenters. The van der Waals surface area contributed by atoms with Gasteiger partial charge in [-0.2, -0.15) is 0 Å². The van der Waals surface area contributed by atoms with Gasteiger partial charge in [0.25, 0.3) is 5.91 Å². The highest BCUT2D eigenvalue weighted by molar-refractivity contribution is 6.04. The van der Waals surface area contributed by atoms with Crippen LogP contribution in [0.4, 0.5) is 10.1 Å². The Labute approximate surface area is 185 Å². The number of amides is 2. The first-order chi connectivity index (χ1) is 15.5. The third-order valence-electron chi connectivity index (χ3n) is 6.22. The largest absolute Gasteiger partial charge is 0.348 e. The van der Waals surface area contributed by atoms with E-state index in [2.05, 4.69) is 22.0 Å². The molecule has 1 aliphatic rings. The Kier molecular flexibility index (Phi) is 4.78. The lowest BCUT2D eigenvalue weighted by Crippen LogP contribution is -2.36. The average molecular weight is 427 g/mol. The smallest absolute Gasteiger partial charge is 0.255 e. The molecular weight excluding hydrogens is 405 g/mol. The van der Waals surface area contributed by atoms with Gasteiger partial charge in [-0.15, -0.1) is 0 Å². The number of para-hydroxylation sites is 1. The molecule has 0 saturated carbocycles. The van der Waals surface area contributed by atoms with Crippen LogP contribution in [-0.4, -0.2) is 27.8 Å². The minimum absolute atomic E-state index is 0.113. The second kappa shape index (κ2) is 7.64. The Balaban J connectivity index is 1.56. The topological polar surface area (TPSA) is 54.3 Å². The number of hydrogen-bond acceptors (Lipinski definition) is 2. The molecule has 2 heterocycles. The number of hydrogen-bond donors (Lipinski definition) is 1. The maximum Gasteiger partial charge on any atom is 0.255 e. The van der Waals surface area contributed by atoms with Crippen molar-refractivity contribution >= 4 is 28.4 Å². The van der Waals surface area contributed by atoms with Crippen LogP contribution in [0.3, 0.4) is 0 Å². The predicted octanol–water partition coefficient (Wildman–Crippen LogP) is 4.81. The van der Waals surface area contributed by atoms with Crippen molar-refractivity contribution in [3.8, 4) is 0 Å². The molecule has 1 aliphatic heterocycles. The van der Waals surface area contributed by atoms with Crippen LogP contribution in [0, 0.1) is 12.7 Å². The molecule has 0 spiro atoms. The van der Waals surface area contributed by atoms with Crippen molar-refractivity contribution in [2.24, 2.45) is 7.05 Å². The standard InChI is InChI=1S/C26H22FN3O2/c1-16-24(21-9-5-6-10-22(21)29(16)2)25-19-7-3-4-8-20(19)26(32)30(25)15-23(31)28-18-13-11-17(27)12-14-18/h3-14,25H,15H2,1-2H3,(H,28,31)/t25-/m1/s1. The van der Waals surface area contributed by atoms with Gasteiger partial charge in [0.2, 0.25) is 5.91 Å². The second-order valence-electron chi connectivity index (χ2n) is 8.05. The molecular formula is C26H22FN3O2. The molecule has 0 aliphatic carbocycles. The molecule has 5 rings (SSSR count). The maximum atomic E-state index is 13.4. The first kappa shape index (κ1) is 20.0. The fourth-order valence-electron chi connectivity index (χ4n) is 4.63. The van der Waals surface area contributed by atoms with Crippen LogP contribution in [0.15, 0.2) is 72.8 Å². The van der Waals surface area contributed by atoms with E-state index in [0.717, 1.165) is 27.7 Å². The van der Waals surface area contributed by atoms with Gasteiger partial charge in [-0.05, 0) is 48.9 Å². The number of halogens is 1. The van der Waals surface area contributed by atoms with Crippen molar-refractivity contribution < 1.29 is 14.0 Å². The summed E-state index contributed by atoms with van der Waals surface area (Å²) in [5.74, 6) is -0.882. The zero-order valence-corrected chi connectivity index (χ0v) is 17.8. The molecule has 1 N–H and O–H groups in total. The third kappa shape index (κ3) is 3.15. The van der Waals surface area contributed by atoms with E-state index >= 15 is 0 Å². The summed E-state index contributed by atoms with van der Waals surface area (Å²) in [7, 11) is 2.01. The van der Waals surface area contributed by atoms with Gasteiger partial charge in [0.05, 0.1) is 6.04 Å². The average Bonchev–Trinajstić information content (AvgIpc) is 3.21. The molecule has 0 fully saturated rings. The van der Waals surface area contributed by atoms with Crippen LogP contribution in [0.5, 0.6) is 0 Å². The highest BCUT2D eigenvalue weighted by Gasteiger charge is 2.40. The monoisotopic (exact) mass is 427 g/mol. The van der Waals surface area contributed by atoms with E-state index < -0.39 is 0 Å². The van der Waals surface area contributed by atoms with Gasteiger partial charge < -0.3 is 14.8 Å². The zero-order chi connectivity index (χ0) is 22.4. The lowest BCUT2D eigenvalue weighted by Gasteiger charge is -2.26. The third-order valence-corrected chi connectivity index (χ3v) is 6.22. The summed E-state index contributed by atoms with van der Waals surface area (Å²) in [6.07, 6.45) is 0. The molecule has 32 heavy (non-hydrogen) atoms. The summed E-state index contributed by atoms with van der Waals surface area (Å²) in [4.78, 5) is 27.9. The molecule has 5 nitrogen and oxygen atoms in total. The summed E-state index contributed by atoms with van der Waals surface area (Å²) < 4.78 is 15.3. The lowest BCUT2D eigenvalue weighted by atomic mass is 9.95. The first-order valence-corrected chi connectivity index (χ1v) is 10.4. The first-order valence-electron chi connectivity index (χ1n) is 10.4. The highest BCUT2D eigenvalue weighted by atomic mass is 19.1. The molecule has 0 bridgehead atoms. The van der Waals surface area contributed by atoms with Gasteiger partial charge in [-0.1, -0.05) is 36.4 Å². The molecule has 1 aromatic heterocycles. The number of benzene rings is 3. The summed E-state index contributed by atoms with van der Waals surface area (Å²) in [5, 5.41) is 3.83. The van der Waals surface area contributed by atoms with E-state index in [1.54, 1.807) is 4.90 Å². The number of fused-ring (bicyclic) bond motifs is 2. The lowest BCUT2D eigenvalue weighted by molar-refractivity contribution is -0.117. The van der Waals surface area contributed by atoms with Crippen molar-refractivity contribution in [1.29, 1.82) is 0 Å². The Morgan fingerprint density at radius 1 is 1.00 bits per heavy atom. The Morgan fingerprint density at radius 3 is 2.47 bits per heavy atom. The van der Waals surface area contributed by atoms with Crippen molar-refractivity contribution in [2.75, 3.05) is 11.9 Å². The molecule has 1 atom stereocenters. The van der Waals surface area contributed by atoms with E-state index in [0.29, 0.717) is 11.3 Å². The Hall–Kier alpha value is -3.93. The number of carbonyl (C=O) groups is 2. The Bertz CT molecular complexity index is 1360. The minimum Gasteiger partial charge on any atom is -0.348 e. The highest BCUT2D eigenvalue weighted by Crippen LogP contribution is 2.43. The van der Waals surface area contributed by atoms with Crippen LogP contribution in [-0.2, 0) is 11.8 Å². The van der Waals surface area contributed by atoms with Gasteiger partial charge in [-0.25, -0.2) is 4.39 Å².